The van der Waals surface area contributed by atoms with Gasteiger partial charge in [0, 0.05) is 12.1 Å². The fraction of sp³-hybridized carbons (Fsp3) is 0.727. The summed E-state index contributed by atoms with van der Waals surface area (Å²) in [4.78, 5) is 0. The van der Waals surface area contributed by atoms with Crippen LogP contribution >= 0.6 is 23.2 Å². The maximum Gasteiger partial charge on any atom is 0.156 e. The maximum absolute atomic E-state index is 6.44. The van der Waals surface area contributed by atoms with Crippen LogP contribution in [0, 0.1) is 16.7 Å². The Morgan fingerprint density at radius 1 is 1.04 bits per heavy atom. The van der Waals surface area contributed by atoms with Crippen molar-refractivity contribution >= 4 is 23.2 Å². The number of halogens is 2. The molecule has 0 amide bonds. The van der Waals surface area contributed by atoms with Crippen LogP contribution < -0.4 is 10.1 Å². The van der Waals surface area contributed by atoms with Crippen molar-refractivity contribution in [1.29, 1.82) is 0 Å². The Hall–Kier alpha value is -0.440. The standard InChI is InChI=1S/C22H31Cl2NO/c1-14(2)26-19-17(23)5-15(6-18(19)24)10-25-22-9-16-7-20(3,12-22)11-21(4,8-16)13-22/h5-6,14,16,25H,7-13H2,1-4H3. The van der Waals surface area contributed by atoms with Gasteiger partial charge in [-0.25, -0.2) is 0 Å². The van der Waals surface area contributed by atoms with E-state index in [9.17, 15) is 0 Å². The first kappa shape index (κ1) is 18.9. The number of hydrogen-bond acceptors (Lipinski definition) is 2. The van der Waals surface area contributed by atoms with E-state index in [-0.39, 0.29) is 11.6 Å². The van der Waals surface area contributed by atoms with Gasteiger partial charge in [-0.1, -0.05) is 37.0 Å². The van der Waals surface area contributed by atoms with Crippen LogP contribution in [0.5, 0.6) is 5.75 Å². The SMILES string of the molecule is CC(C)Oc1c(Cl)cc(CNC23CC4CC(C)(CC(C)(C4)C2)C3)cc1Cl. The van der Waals surface area contributed by atoms with Crippen LogP contribution in [0.1, 0.15) is 71.8 Å². The van der Waals surface area contributed by atoms with Gasteiger partial charge in [-0.15, -0.1) is 0 Å². The van der Waals surface area contributed by atoms with E-state index in [2.05, 4.69) is 19.2 Å². The molecule has 1 N–H and O–H groups in total. The van der Waals surface area contributed by atoms with E-state index in [1.54, 1.807) is 0 Å². The van der Waals surface area contributed by atoms with Crippen molar-refractivity contribution < 1.29 is 4.74 Å². The summed E-state index contributed by atoms with van der Waals surface area (Å²) in [7, 11) is 0. The number of benzene rings is 1. The molecule has 4 fully saturated rings. The zero-order valence-corrected chi connectivity index (χ0v) is 17.9. The zero-order chi connectivity index (χ0) is 18.7. The van der Waals surface area contributed by atoms with Crippen molar-refractivity contribution in [3.63, 3.8) is 0 Å². The molecular formula is C22H31Cl2NO. The van der Waals surface area contributed by atoms with E-state index in [1.165, 1.54) is 38.5 Å². The summed E-state index contributed by atoms with van der Waals surface area (Å²) < 4.78 is 5.75. The normalized spacial score (nSPS) is 38.2. The number of nitrogens with one attached hydrogen (secondary N) is 1. The molecule has 5 rings (SSSR count). The minimum Gasteiger partial charge on any atom is -0.488 e. The van der Waals surface area contributed by atoms with Crippen molar-refractivity contribution in [2.45, 2.75) is 84.4 Å². The maximum atomic E-state index is 6.44. The Morgan fingerprint density at radius 3 is 2.12 bits per heavy atom. The van der Waals surface area contributed by atoms with Crippen LogP contribution in [-0.2, 0) is 6.54 Å². The van der Waals surface area contributed by atoms with Crippen molar-refractivity contribution in [3.8, 4) is 5.75 Å². The van der Waals surface area contributed by atoms with Gasteiger partial charge in [0.15, 0.2) is 5.75 Å². The molecule has 0 saturated heterocycles. The lowest BCUT2D eigenvalue weighted by molar-refractivity contribution is -0.118. The molecule has 1 aromatic rings. The molecule has 4 aliphatic carbocycles. The highest BCUT2D eigenvalue weighted by Gasteiger charge is 2.59. The van der Waals surface area contributed by atoms with E-state index >= 15 is 0 Å². The minimum atomic E-state index is 0.0579. The summed E-state index contributed by atoms with van der Waals surface area (Å²) in [6.07, 6.45) is 8.25. The van der Waals surface area contributed by atoms with Crippen LogP contribution in [0.3, 0.4) is 0 Å². The quantitative estimate of drug-likeness (QED) is 0.604. The molecule has 26 heavy (non-hydrogen) atoms. The third-order valence-electron chi connectivity index (χ3n) is 6.71. The summed E-state index contributed by atoms with van der Waals surface area (Å²) in [6, 6.07) is 4.00. The third-order valence-corrected chi connectivity index (χ3v) is 7.27. The van der Waals surface area contributed by atoms with E-state index in [1.807, 2.05) is 26.0 Å². The molecule has 4 saturated carbocycles. The molecule has 144 valence electrons. The number of hydrogen-bond donors (Lipinski definition) is 1. The second kappa shape index (κ2) is 6.29. The molecule has 2 atom stereocenters. The average molecular weight is 396 g/mol. The molecule has 1 aromatic carbocycles. The second-order valence-corrected chi connectivity index (χ2v) is 11.1. The zero-order valence-electron chi connectivity index (χ0n) is 16.4. The molecule has 0 spiro atoms. The van der Waals surface area contributed by atoms with Gasteiger partial charge in [0.05, 0.1) is 16.1 Å². The topological polar surface area (TPSA) is 21.3 Å². The smallest absolute Gasteiger partial charge is 0.156 e. The first-order chi connectivity index (χ1) is 12.1. The van der Waals surface area contributed by atoms with Gasteiger partial charge in [0.1, 0.15) is 0 Å². The summed E-state index contributed by atoms with van der Waals surface area (Å²) >= 11 is 12.9. The van der Waals surface area contributed by atoms with Gasteiger partial charge in [0.2, 0.25) is 0 Å². The molecule has 0 aliphatic heterocycles. The second-order valence-electron chi connectivity index (χ2n) is 10.3. The first-order valence-electron chi connectivity index (χ1n) is 9.99. The summed E-state index contributed by atoms with van der Waals surface area (Å²) in [6.45, 7) is 9.81. The molecule has 2 unspecified atom stereocenters. The lowest BCUT2D eigenvalue weighted by atomic mass is 9.43. The Balaban J connectivity index is 1.51. The molecular weight excluding hydrogens is 365 g/mol. The summed E-state index contributed by atoms with van der Waals surface area (Å²) in [5, 5.41) is 5.16. The van der Waals surface area contributed by atoms with Crippen LogP contribution in [0.4, 0.5) is 0 Å². The van der Waals surface area contributed by atoms with Crippen molar-refractivity contribution in [2.24, 2.45) is 16.7 Å². The van der Waals surface area contributed by atoms with E-state index < -0.39 is 0 Å². The van der Waals surface area contributed by atoms with Gasteiger partial charge in [0.25, 0.3) is 0 Å². The predicted molar refractivity (Wildman–Crippen MR) is 109 cm³/mol. The van der Waals surface area contributed by atoms with Crippen LogP contribution in [0.15, 0.2) is 12.1 Å². The van der Waals surface area contributed by atoms with Gasteiger partial charge in [-0.3, -0.25) is 0 Å². The number of rotatable bonds is 5. The van der Waals surface area contributed by atoms with E-state index in [0.717, 1.165) is 18.0 Å². The lowest BCUT2D eigenvalue weighted by Gasteiger charge is -2.65. The fourth-order valence-electron chi connectivity index (χ4n) is 7.00. The molecule has 4 heteroatoms. The van der Waals surface area contributed by atoms with E-state index in [0.29, 0.717) is 26.6 Å². The Labute approximate surface area is 168 Å². The van der Waals surface area contributed by atoms with Crippen molar-refractivity contribution in [3.05, 3.63) is 27.7 Å². The largest absolute Gasteiger partial charge is 0.488 e. The first-order valence-corrected chi connectivity index (χ1v) is 10.7. The lowest BCUT2D eigenvalue weighted by Crippen LogP contribution is -2.63. The van der Waals surface area contributed by atoms with Gasteiger partial charge in [-0.05, 0) is 86.8 Å². The molecule has 4 bridgehead atoms. The fourth-order valence-corrected chi connectivity index (χ4v) is 7.62. The van der Waals surface area contributed by atoms with Crippen LogP contribution in [0.25, 0.3) is 0 Å². The Bertz CT molecular complexity index is 675. The molecule has 0 heterocycles. The highest BCUT2D eigenvalue weighted by molar-refractivity contribution is 6.37. The summed E-state index contributed by atoms with van der Waals surface area (Å²) in [5.41, 5.74) is 2.47. The third kappa shape index (κ3) is 3.50. The molecule has 4 aliphatic rings. The highest BCUT2D eigenvalue weighted by atomic mass is 35.5. The Morgan fingerprint density at radius 2 is 1.62 bits per heavy atom. The van der Waals surface area contributed by atoms with E-state index in [4.69, 9.17) is 27.9 Å². The van der Waals surface area contributed by atoms with Crippen molar-refractivity contribution in [2.75, 3.05) is 0 Å². The van der Waals surface area contributed by atoms with Gasteiger partial charge < -0.3 is 10.1 Å². The molecule has 0 radical (unpaired) electrons. The molecule has 0 aromatic heterocycles. The van der Waals surface area contributed by atoms with Crippen molar-refractivity contribution in [1.82, 2.24) is 5.32 Å². The van der Waals surface area contributed by atoms with Crippen LogP contribution in [-0.4, -0.2) is 11.6 Å². The summed E-state index contributed by atoms with van der Waals surface area (Å²) in [5.74, 6) is 1.49. The monoisotopic (exact) mass is 395 g/mol. The number of ether oxygens (including phenoxy) is 1. The van der Waals surface area contributed by atoms with Crippen LogP contribution in [0.2, 0.25) is 10.0 Å². The average Bonchev–Trinajstić information content (AvgIpc) is 2.45. The minimum absolute atomic E-state index is 0.0579. The van der Waals surface area contributed by atoms with Gasteiger partial charge in [-0.2, -0.15) is 0 Å². The van der Waals surface area contributed by atoms with Gasteiger partial charge >= 0.3 is 0 Å². The Kier molecular flexibility index (Phi) is 4.57. The predicted octanol–water partition coefficient (Wildman–Crippen LogP) is 6.62. The molecule has 2 nitrogen and oxygen atoms in total. The highest BCUT2D eigenvalue weighted by Crippen LogP contribution is 2.66.